The van der Waals surface area contributed by atoms with Crippen molar-refractivity contribution in [3.05, 3.63) is 42.4 Å². The van der Waals surface area contributed by atoms with Gasteiger partial charge in [0.25, 0.3) is 5.91 Å². The molecule has 0 unspecified atom stereocenters. The van der Waals surface area contributed by atoms with E-state index in [0.717, 1.165) is 5.56 Å². The lowest BCUT2D eigenvalue weighted by molar-refractivity contribution is 0.0931. The summed E-state index contributed by atoms with van der Waals surface area (Å²) in [5, 5.41) is 11.9. The Morgan fingerprint density at radius 2 is 1.89 bits per heavy atom. The second-order valence-corrected chi connectivity index (χ2v) is 3.80. The number of pyridine rings is 2. The first-order valence-corrected chi connectivity index (χ1v) is 5.50. The van der Waals surface area contributed by atoms with E-state index in [1.54, 1.807) is 30.6 Å². The molecule has 0 aromatic carbocycles. The standard InChI is InChI=1S/C12H13N5O2/c13-12(14)17-11(19)10-9(18)2-1-8(16-10)7-3-5-15-6-4-7/h1-6,12,18H,13-14H2,(H,17,19). The van der Waals surface area contributed by atoms with Crippen LogP contribution in [0.25, 0.3) is 11.3 Å². The summed E-state index contributed by atoms with van der Waals surface area (Å²) in [5.74, 6) is -0.876. The fourth-order valence-electron chi connectivity index (χ4n) is 1.52. The number of nitrogens with two attached hydrogens (primary N) is 2. The van der Waals surface area contributed by atoms with Gasteiger partial charge in [0.1, 0.15) is 12.0 Å². The van der Waals surface area contributed by atoms with Gasteiger partial charge in [-0.25, -0.2) is 4.98 Å². The molecule has 0 fully saturated rings. The minimum Gasteiger partial charge on any atom is -0.505 e. The summed E-state index contributed by atoms with van der Waals surface area (Å²) in [6, 6.07) is 6.48. The highest BCUT2D eigenvalue weighted by Gasteiger charge is 2.15. The summed E-state index contributed by atoms with van der Waals surface area (Å²) >= 11 is 0. The number of hydrogen-bond acceptors (Lipinski definition) is 6. The van der Waals surface area contributed by atoms with Crippen LogP contribution < -0.4 is 16.8 Å². The fourth-order valence-corrected chi connectivity index (χ4v) is 1.52. The van der Waals surface area contributed by atoms with E-state index >= 15 is 0 Å². The minimum atomic E-state index is -1.02. The number of carbonyl (C=O) groups excluding carboxylic acids is 1. The van der Waals surface area contributed by atoms with Crippen LogP contribution >= 0.6 is 0 Å². The van der Waals surface area contributed by atoms with E-state index in [0.29, 0.717) is 5.69 Å². The lowest BCUT2D eigenvalue weighted by Crippen LogP contribution is -2.48. The Labute approximate surface area is 109 Å². The monoisotopic (exact) mass is 259 g/mol. The quantitative estimate of drug-likeness (QED) is 0.564. The molecule has 1 amide bonds. The molecule has 2 rings (SSSR count). The minimum absolute atomic E-state index is 0.129. The SMILES string of the molecule is NC(N)NC(=O)c1nc(-c2ccncc2)ccc1O. The molecule has 0 aliphatic heterocycles. The van der Waals surface area contributed by atoms with Crippen LogP contribution in [0.15, 0.2) is 36.7 Å². The molecule has 0 radical (unpaired) electrons. The second kappa shape index (κ2) is 5.42. The lowest BCUT2D eigenvalue weighted by atomic mass is 10.1. The number of hydrogen-bond donors (Lipinski definition) is 4. The van der Waals surface area contributed by atoms with Crippen LogP contribution in [0.1, 0.15) is 10.5 Å². The Kier molecular flexibility index (Phi) is 3.69. The van der Waals surface area contributed by atoms with Crippen molar-refractivity contribution in [2.24, 2.45) is 11.5 Å². The van der Waals surface area contributed by atoms with Crippen molar-refractivity contribution < 1.29 is 9.90 Å². The van der Waals surface area contributed by atoms with E-state index in [-0.39, 0.29) is 11.4 Å². The van der Waals surface area contributed by atoms with Gasteiger partial charge in [-0.2, -0.15) is 0 Å². The van der Waals surface area contributed by atoms with Crippen molar-refractivity contribution >= 4 is 5.91 Å². The van der Waals surface area contributed by atoms with Crippen molar-refractivity contribution in [1.29, 1.82) is 0 Å². The maximum atomic E-state index is 11.8. The van der Waals surface area contributed by atoms with E-state index in [9.17, 15) is 9.90 Å². The van der Waals surface area contributed by atoms with Crippen molar-refractivity contribution in [3.8, 4) is 17.0 Å². The molecular weight excluding hydrogens is 246 g/mol. The maximum Gasteiger partial charge on any atom is 0.275 e. The highest BCUT2D eigenvalue weighted by atomic mass is 16.3. The molecule has 7 heteroatoms. The van der Waals surface area contributed by atoms with Gasteiger partial charge in [-0.15, -0.1) is 0 Å². The first kappa shape index (κ1) is 12.9. The third-order valence-corrected chi connectivity index (χ3v) is 2.36. The molecule has 0 aliphatic rings. The number of amides is 1. The molecular formula is C12H13N5O2. The van der Waals surface area contributed by atoms with Gasteiger partial charge in [0, 0.05) is 18.0 Å². The molecule has 7 nitrogen and oxygen atoms in total. The zero-order valence-electron chi connectivity index (χ0n) is 9.95. The van der Waals surface area contributed by atoms with Gasteiger partial charge in [-0.1, -0.05) is 0 Å². The Hall–Kier alpha value is -2.51. The average Bonchev–Trinajstić information content (AvgIpc) is 2.39. The summed E-state index contributed by atoms with van der Waals surface area (Å²) < 4.78 is 0. The van der Waals surface area contributed by atoms with Crippen LogP contribution in [-0.4, -0.2) is 27.3 Å². The third kappa shape index (κ3) is 3.03. The van der Waals surface area contributed by atoms with Crippen molar-refractivity contribution in [2.75, 3.05) is 0 Å². The molecule has 0 saturated carbocycles. The van der Waals surface area contributed by atoms with Gasteiger partial charge in [-0.05, 0) is 24.3 Å². The Bertz CT molecular complexity index is 586. The van der Waals surface area contributed by atoms with Gasteiger partial charge < -0.3 is 10.4 Å². The van der Waals surface area contributed by atoms with Crippen molar-refractivity contribution in [3.63, 3.8) is 0 Å². The highest BCUT2D eigenvalue weighted by Crippen LogP contribution is 2.21. The summed E-state index contributed by atoms with van der Waals surface area (Å²) in [6.45, 7) is 0. The number of nitrogens with zero attached hydrogens (tertiary/aromatic N) is 2. The molecule has 2 aromatic heterocycles. The number of aromatic hydroxyl groups is 1. The van der Waals surface area contributed by atoms with E-state index in [2.05, 4.69) is 15.3 Å². The van der Waals surface area contributed by atoms with Gasteiger partial charge >= 0.3 is 0 Å². The molecule has 0 aliphatic carbocycles. The molecule has 0 spiro atoms. The Morgan fingerprint density at radius 1 is 1.21 bits per heavy atom. The smallest absolute Gasteiger partial charge is 0.275 e. The number of rotatable bonds is 3. The lowest BCUT2D eigenvalue weighted by Gasteiger charge is -2.10. The van der Waals surface area contributed by atoms with Crippen LogP contribution in [-0.2, 0) is 0 Å². The van der Waals surface area contributed by atoms with E-state index in [1.165, 1.54) is 6.07 Å². The van der Waals surface area contributed by atoms with Crippen LogP contribution in [0.5, 0.6) is 5.75 Å². The molecule has 2 aromatic rings. The third-order valence-electron chi connectivity index (χ3n) is 2.36. The topological polar surface area (TPSA) is 127 Å². The molecule has 98 valence electrons. The molecule has 6 N–H and O–H groups in total. The van der Waals surface area contributed by atoms with Crippen LogP contribution in [0.2, 0.25) is 0 Å². The molecule has 0 bridgehead atoms. The first-order valence-electron chi connectivity index (χ1n) is 5.50. The highest BCUT2D eigenvalue weighted by molar-refractivity contribution is 5.95. The normalized spacial score (nSPS) is 10.5. The van der Waals surface area contributed by atoms with Gasteiger partial charge in [0.15, 0.2) is 5.69 Å². The van der Waals surface area contributed by atoms with Gasteiger partial charge in [0.05, 0.1) is 5.69 Å². The summed E-state index contributed by atoms with van der Waals surface area (Å²) in [6.07, 6.45) is 2.21. The molecule has 19 heavy (non-hydrogen) atoms. The predicted molar refractivity (Wildman–Crippen MR) is 68.8 cm³/mol. The number of carbonyl (C=O) groups is 1. The van der Waals surface area contributed by atoms with Crippen molar-refractivity contribution in [2.45, 2.75) is 6.29 Å². The van der Waals surface area contributed by atoms with Crippen LogP contribution in [0.4, 0.5) is 0 Å². The van der Waals surface area contributed by atoms with E-state index in [1.807, 2.05) is 0 Å². The maximum absolute atomic E-state index is 11.8. The predicted octanol–water partition coefficient (Wildman–Crippen LogP) is -0.220. The summed E-state index contributed by atoms with van der Waals surface area (Å²) in [5.41, 5.74) is 11.7. The molecule has 0 saturated heterocycles. The first-order chi connectivity index (χ1) is 9.08. The average molecular weight is 259 g/mol. The summed E-state index contributed by atoms with van der Waals surface area (Å²) in [7, 11) is 0. The van der Waals surface area contributed by atoms with Crippen LogP contribution in [0.3, 0.4) is 0 Å². The largest absolute Gasteiger partial charge is 0.505 e. The molecule has 2 heterocycles. The number of aromatic nitrogens is 2. The number of nitrogens with one attached hydrogen (secondary N) is 1. The van der Waals surface area contributed by atoms with Crippen LogP contribution in [0, 0.1) is 0 Å². The van der Waals surface area contributed by atoms with E-state index < -0.39 is 12.2 Å². The molecule has 0 atom stereocenters. The summed E-state index contributed by atoms with van der Waals surface area (Å²) in [4.78, 5) is 19.7. The van der Waals surface area contributed by atoms with Crippen molar-refractivity contribution in [1.82, 2.24) is 15.3 Å². The van der Waals surface area contributed by atoms with E-state index in [4.69, 9.17) is 11.5 Å². The Balaban J connectivity index is 2.38. The van der Waals surface area contributed by atoms with Gasteiger partial charge in [-0.3, -0.25) is 21.2 Å². The second-order valence-electron chi connectivity index (χ2n) is 3.80. The fraction of sp³-hybridized carbons (Fsp3) is 0.0833. The zero-order chi connectivity index (χ0) is 13.8. The zero-order valence-corrected chi connectivity index (χ0v) is 9.95. The van der Waals surface area contributed by atoms with Gasteiger partial charge in [0.2, 0.25) is 0 Å². The Morgan fingerprint density at radius 3 is 2.53 bits per heavy atom.